The van der Waals surface area contributed by atoms with Gasteiger partial charge in [0.2, 0.25) is 10.0 Å². The number of carbonyl (C=O) groups excluding carboxylic acids is 2. The zero-order valence-electron chi connectivity index (χ0n) is 15.1. The van der Waals surface area contributed by atoms with E-state index >= 15 is 0 Å². The van der Waals surface area contributed by atoms with Gasteiger partial charge in [0.15, 0.2) is 0 Å². The van der Waals surface area contributed by atoms with E-state index in [2.05, 4.69) is 0 Å². The quantitative estimate of drug-likeness (QED) is 0.666. The molecule has 0 spiro atoms. The van der Waals surface area contributed by atoms with Crippen LogP contribution in [0.15, 0.2) is 35.2 Å². The summed E-state index contributed by atoms with van der Waals surface area (Å²) in [4.78, 5) is 28.3. The molecule has 0 aromatic heterocycles. The summed E-state index contributed by atoms with van der Waals surface area (Å²) in [7, 11) is -2.67. The Hall–Kier alpha value is -2.17. The van der Waals surface area contributed by atoms with Gasteiger partial charge < -0.3 is 19.3 Å². The Kier molecular flexibility index (Phi) is 5.98. The average molecular weight is 397 g/mol. The number of ether oxygens (including phenoxy) is 2. The van der Waals surface area contributed by atoms with Gasteiger partial charge in [0.25, 0.3) is 0 Å². The molecule has 2 aliphatic heterocycles. The maximum absolute atomic E-state index is 13.0. The van der Waals surface area contributed by atoms with Crippen LogP contribution in [0.3, 0.4) is 0 Å². The summed E-state index contributed by atoms with van der Waals surface area (Å²) in [6.07, 6.45) is 0. The Balaban J connectivity index is 1.81. The molecule has 10 heteroatoms. The molecule has 2 heterocycles. The molecular weight excluding hydrogens is 374 g/mol. The van der Waals surface area contributed by atoms with E-state index in [1.807, 2.05) is 0 Å². The number of benzene rings is 1. The number of urea groups is 1. The average Bonchev–Trinajstić information content (AvgIpc) is 2.73. The number of nitrogens with zero attached hydrogens (tertiary/aromatic N) is 3. The minimum absolute atomic E-state index is 0.0209. The molecule has 0 unspecified atom stereocenters. The van der Waals surface area contributed by atoms with Crippen LogP contribution in [-0.2, 0) is 24.3 Å². The molecule has 9 nitrogen and oxygen atoms in total. The Labute approximate surface area is 158 Å². The summed E-state index contributed by atoms with van der Waals surface area (Å²) in [5.74, 6) is -0.686. The summed E-state index contributed by atoms with van der Waals surface area (Å²) in [6, 6.07) is 6.62. The summed E-state index contributed by atoms with van der Waals surface area (Å²) < 4.78 is 37.1. The van der Waals surface area contributed by atoms with Crippen molar-refractivity contribution in [2.75, 3.05) is 53.0 Å². The van der Waals surface area contributed by atoms with Gasteiger partial charge in [0.1, 0.15) is 6.04 Å². The molecule has 2 aliphatic rings. The number of esters is 1. The normalized spacial score (nSPS) is 21.7. The van der Waals surface area contributed by atoms with Crippen LogP contribution in [0, 0.1) is 0 Å². The van der Waals surface area contributed by atoms with Crippen LogP contribution >= 0.6 is 0 Å². The van der Waals surface area contributed by atoms with Crippen LogP contribution in [0.25, 0.3) is 0 Å². The highest BCUT2D eigenvalue weighted by molar-refractivity contribution is 7.89. The fourth-order valence-corrected chi connectivity index (χ4v) is 4.82. The lowest BCUT2D eigenvalue weighted by atomic mass is 10.2. The van der Waals surface area contributed by atoms with E-state index in [4.69, 9.17) is 9.47 Å². The van der Waals surface area contributed by atoms with E-state index in [1.54, 1.807) is 23.1 Å². The molecule has 1 aromatic carbocycles. The van der Waals surface area contributed by atoms with E-state index in [0.717, 1.165) is 4.31 Å². The third kappa shape index (κ3) is 4.07. The molecule has 148 valence electrons. The maximum atomic E-state index is 13.0. The van der Waals surface area contributed by atoms with Gasteiger partial charge in [0.05, 0.1) is 25.2 Å². The van der Waals surface area contributed by atoms with Crippen molar-refractivity contribution in [3.05, 3.63) is 30.3 Å². The molecule has 1 atom stereocenters. The topological polar surface area (TPSA) is 96.5 Å². The molecule has 1 aromatic rings. The molecule has 0 aliphatic carbocycles. The monoisotopic (exact) mass is 397 g/mol. The van der Waals surface area contributed by atoms with Crippen LogP contribution in [0.1, 0.15) is 0 Å². The van der Waals surface area contributed by atoms with E-state index in [1.165, 1.54) is 24.1 Å². The number of methoxy groups -OCH3 is 1. The van der Waals surface area contributed by atoms with Gasteiger partial charge >= 0.3 is 12.0 Å². The van der Waals surface area contributed by atoms with Crippen molar-refractivity contribution in [2.24, 2.45) is 0 Å². The molecule has 3 rings (SSSR count). The van der Waals surface area contributed by atoms with Crippen molar-refractivity contribution in [1.82, 2.24) is 14.1 Å². The van der Waals surface area contributed by atoms with Crippen LogP contribution in [-0.4, -0.2) is 93.6 Å². The highest BCUT2D eigenvalue weighted by atomic mass is 32.2. The Bertz CT molecular complexity index is 779. The number of hydrogen-bond acceptors (Lipinski definition) is 6. The number of morpholine rings is 1. The lowest BCUT2D eigenvalue weighted by molar-refractivity contribution is -0.146. The third-order valence-electron chi connectivity index (χ3n) is 4.71. The van der Waals surface area contributed by atoms with Crippen LogP contribution in [0.4, 0.5) is 4.79 Å². The molecule has 0 N–H and O–H groups in total. The Morgan fingerprint density at radius 3 is 2.33 bits per heavy atom. The largest absolute Gasteiger partial charge is 0.468 e. The van der Waals surface area contributed by atoms with Crippen LogP contribution in [0.2, 0.25) is 0 Å². The standard InChI is InChI=1S/C17H23N3O6S/c1-25-16(21)15-13-19(17(22)18-9-11-26-12-10-18)7-8-20(15)27(23,24)14-5-3-2-4-6-14/h2-6,15H,7-13H2,1H3/t15-/m1/s1. The number of sulfonamides is 1. The van der Waals surface area contributed by atoms with Gasteiger partial charge in [-0.05, 0) is 12.1 Å². The highest BCUT2D eigenvalue weighted by Crippen LogP contribution is 2.23. The summed E-state index contributed by atoms with van der Waals surface area (Å²) in [5.41, 5.74) is 0. The number of amides is 2. The Morgan fingerprint density at radius 1 is 1.04 bits per heavy atom. The number of piperazine rings is 1. The van der Waals surface area contributed by atoms with Gasteiger partial charge in [-0.1, -0.05) is 18.2 Å². The van der Waals surface area contributed by atoms with Crippen LogP contribution in [0.5, 0.6) is 0 Å². The fraction of sp³-hybridized carbons (Fsp3) is 0.529. The first kappa shape index (κ1) is 19.6. The number of rotatable bonds is 3. The SMILES string of the molecule is COC(=O)[C@H]1CN(C(=O)N2CCOCC2)CCN1S(=O)(=O)c1ccccc1. The van der Waals surface area contributed by atoms with E-state index in [0.29, 0.717) is 26.3 Å². The maximum Gasteiger partial charge on any atom is 0.326 e. The van der Waals surface area contributed by atoms with Crippen LogP contribution < -0.4 is 0 Å². The molecule has 27 heavy (non-hydrogen) atoms. The van der Waals surface area contributed by atoms with Gasteiger partial charge in [-0.25, -0.2) is 13.2 Å². The Morgan fingerprint density at radius 2 is 1.70 bits per heavy atom. The van der Waals surface area contributed by atoms with Crippen molar-refractivity contribution in [3.63, 3.8) is 0 Å². The second-order valence-corrected chi connectivity index (χ2v) is 8.19. The predicted octanol–water partition coefficient (Wildman–Crippen LogP) is -0.0133. The molecule has 2 fully saturated rings. The second kappa shape index (κ2) is 8.24. The lowest BCUT2D eigenvalue weighted by Gasteiger charge is -2.41. The van der Waals surface area contributed by atoms with Gasteiger partial charge in [-0.3, -0.25) is 4.79 Å². The summed E-state index contributed by atoms with van der Waals surface area (Å²) in [6.45, 7) is 2.06. The molecule has 0 bridgehead atoms. The molecule has 2 saturated heterocycles. The minimum atomic E-state index is -3.88. The van der Waals surface area contributed by atoms with Gasteiger partial charge in [0, 0.05) is 32.7 Å². The van der Waals surface area contributed by atoms with Crippen molar-refractivity contribution >= 4 is 22.0 Å². The molecule has 0 saturated carbocycles. The first-order valence-electron chi connectivity index (χ1n) is 8.71. The number of hydrogen-bond donors (Lipinski definition) is 0. The second-order valence-electron chi connectivity index (χ2n) is 6.30. The van der Waals surface area contributed by atoms with Crippen molar-refractivity contribution in [3.8, 4) is 0 Å². The minimum Gasteiger partial charge on any atom is -0.468 e. The van der Waals surface area contributed by atoms with E-state index in [9.17, 15) is 18.0 Å². The third-order valence-corrected chi connectivity index (χ3v) is 6.63. The van der Waals surface area contributed by atoms with Crippen molar-refractivity contribution < 1.29 is 27.5 Å². The van der Waals surface area contributed by atoms with Crippen molar-refractivity contribution in [2.45, 2.75) is 10.9 Å². The first-order chi connectivity index (χ1) is 12.9. The number of carbonyl (C=O) groups is 2. The van der Waals surface area contributed by atoms with Gasteiger partial charge in [-0.15, -0.1) is 0 Å². The summed E-state index contributed by atoms with van der Waals surface area (Å²) in [5, 5.41) is 0. The fourth-order valence-electron chi connectivity index (χ4n) is 3.24. The zero-order valence-corrected chi connectivity index (χ0v) is 15.9. The first-order valence-corrected chi connectivity index (χ1v) is 10.2. The molecule has 0 radical (unpaired) electrons. The van der Waals surface area contributed by atoms with Crippen molar-refractivity contribution in [1.29, 1.82) is 0 Å². The predicted molar refractivity (Wildman–Crippen MR) is 95.5 cm³/mol. The molecular formula is C17H23N3O6S. The smallest absolute Gasteiger partial charge is 0.326 e. The van der Waals surface area contributed by atoms with E-state index < -0.39 is 22.0 Å². The lowest BCUT2D eigenvalue weighted by Crippen LogP contribution is -2.61. The molecule has 2 amide bonds. The highest BCUT2D eigenvalue weighted by Gasteiger charge is 2.42. The van der Waals surface area contributed by atoms with Gasteiger partial charge in [-0.2, -0.15) is 4.31 Å². The zero-order chi connectivity index (χ0) is 19.4. The summed E-state index contributed by atoms with van der Waals surface area (Å²) >= 11 is 0. The van der Waals surface area contributed by atoms with E-state index in [-0.39, 0.29) is 30.6 Å².